The molecule has 0 aliphatic carbocycles. The molecule has 0 unspecified atom stereocenters. The van der Waals surface area contributed by atoms with E-state index in [2.05, 4.69) is 19.1 Å². The summed E-state index contributed by atoms with van der Waals surface area (Å²) in [6.07, 6.45) is -0.569. The minimum Gasteiger partial charge on any atom is -0.464 e. The zero-order valence-corrected chi connectivity index (χ0v) is 10.2. The van der Waals surface area contributed by atoms with Gasteiger partial charge in [-0.15, -0.1) is 20.2 Å². The summed E-state index contributed by atoms with van der Waals surface area (Å²) in [6.45, 7) is -1.43. The Morgan fingerprint density at radius 3 is 1.40 bits per heavy atom. The molecule has 12 nitrogen and oxygen atoms in total. The Hall–Kier alpha value is -2.66. The molecule has 12 heteroatoms. The molecule has 0 saturated heterocycles. The molecule has 0 bridgehead atoms. The fraction of sp³-hybridized carbons (Fsp3) is 0.750. The van der Waals surface area contributed by atoms with Crippen LogP contribution in [0.1, 0.15) is 12.8 Å². The lowest BCUT2D eigenvalue weighted by molar-refractivity contribution is -0.757. The van der Waals surface area contributed by atoms with E-state index in [9.17, 15) is 29.8 Å². The number of nitrogens with zero attached hydrogens (tertiary/aromatic N) is 2. The Labute approximate surface area is 111 Å². The van der Waals surface area contributed by atoms with Crippen molar-refractivity contribution in [1.82, 2.24) is 0 Å². The summed E-state index contributed by atoms with van der Waals surface area (Å²) in [6, 6.07) is 0. The van der Waals surface area contributed by atoms with Gasteiger partial charge in [0.05, 0.1) is 12.8 Å². The van der Waals surface area contributed by atoms with E-state index in [4.69, 9.17) is 0 Å². The number of hydrogen-bond donors (Lipinski definition) is 0. The van der Waals surface area contributed by atoms with Crippen molar-refractivity contribution in [2.24, 2.45) is 0 Å². The van der Waals surface area contributed by atoms with Crippen LogP contribution in [0.4, 0.5) is 0 Å². The maximum absolute atomic E-state index is 11.0. The Bertz CT molecular complexity index is 323. The molecule has 0 fully saturated rings. The number of carbonyl (C=O) groups is 2. The molecule has 0 atom stereocenters. The first-order chi connectivity index (χ1) is 9.41. The Morgan fingerprint density at radius 1 is 0.750 bits per heavy atom. The number of ether oxygens (including phenoxy) is 2. The lowest BCUT2D eigenvalue weighted by Crippen LogP contribution is -2.16. The first-order valence-electron chi connectivity index (χ1n) is 5.27. The molecule has 0 saturated carbocycles. The molecular weight excluding hydrogens is 284 g/mol. The standard InChI is InChI=1S/C8H12N2O10/c11-7(17-3-5-19-9(13)14)1-2-8(12)18-4-6-20-10(15)16/h1-6H2. The second-order valence-electron chi connectivity index (χ2n) is 3.05. The van der Waals surface area contributed by atoms with Crippen LogP contribution in [0.2, 0.25) is 0 Å². The molecule has 114 valence electrons. The molecule has 0 amide bonds. The van der Waals surface area contributed by atoms with Gasteiger partial charge in [0.1, 0.15) is 26.4 Å². The van der Waals surface area contributed by atoms with Crippen molar-refractivity contribution in [2.75, 3.05) is 26.4 Å². The molecule has 0 radical (unpaired) electrons. The zero-order valence-electron chi connectivity index (χ0n) is 10.2. The summed E-state index contributed by atoms with van der Waals surface area (Å²) in [7, 11) is 0. The molecule has 0 spiro atoms. The van der Waals surface area contributed by atoms with Crippen molar-refractivity contribution >= 4 is 11.9 Å². The number of esters is 2. The van der Waals surface area contributed by atoms with Crippen LogP contribution < -0.4 is 0 Å². The van der Waals surface area contributed by atoms with Gasteiger partial charge in [0.2, 0.25) is 0 Å². The highest BCUT2D eigenvalue weighted by atomic mass is 17.0. The lowest BCUT2D eigenvalue weighted by Gasteiger charge is -2.05. The van der Waals surface area contributed by atoms with E-state index in [1.807, 2.05) is 0 Å². The monoisotopic (exact) mass is 296 g/mol. The largest absolute Gasteiger partial charge is 0.464 e. The summed E-state index contributed by atoms with van der Waals surface area (Å²) in [5.74, 6) is -1.51. The summed E-state index contributed by atoms with van der Waals surface area (Å²) in [5, 5.41) is 17.5. The third-order valence-electron chi connectivity index (χ3n) is 1.62. The molecular formula is C8H12N2O10. The minimum absolute atomic E-state index is 0.284. The fourth-order valence-electron chi connectivity index (χ4n) is 0.883. The smallest absolute Gasteiger partial charge is 0.306 e. The Kier molecular flexibility index (Phi) is 8.91. The van der Waals surface area contributed by atoms with Gasteiger partial charge in [-0.2, -0.15) is 0 Å². The van der Waals surface area contributed by atoms with Crippen molar-refractivity contribution < 1.29 is 38.9 Å². The highest BCUT2D eigenvalue weighted by Crippen LogP contribution is 1.96. The van der Waals surface area contributed by atoms with Gasteiger partial charge in [-0.05, 0) is 0 Å². The van der Waals surface area contributed by atoms with E-state index < -0.39 is 35.3 Å². The SMILES string of the molecule is O=C(CCC(=O)OCCO[N+](=O)[O-])OCCO[N+](=O)[O-]. The average Bonchev–Trinajstić information content (AvgIpc) is 2.37. The van der Waals surface area contributed by atoms with Crippen molar-refractivity contribution in [2.45, 2.75) is 12.8 Å². The third kappa shape index (κ3) is 11.8. The minimum atomic E-state index is -1.03. The summed E-state index contributed by atoms with van der Waals surface area (Å²) in [5.41, 5.74) is 0. The second-order valence-corrected chi connectivity index (χ2v) is 3.05. The third-order valence-corrected chi connectivity index (χ3v) is 1.62. The van der Waals surface area contributed by atoms with Crippen LogP contribution in [-0.2, 0) is 28.7 Å². The van der Waals surface area contributed by atoms with Crippen LogP contribution in [0, 0.1) is 20.2 Å². The van der Waals surface area contributed by atoms with E-state index in [0.29, 0.717) is 0 Å². The van der Waals surface area contributed by atoms with Gasteiger partial charge in [0.15, 0.2) is 0 Å². The molecule has 0 rings (SSSR count). The lowest BCUT2D eigenvalue weighted by atomic mass is 10.3. The molecule has 0 aliphatic rings. The number of carbonyl (C=O) groups excluding carboxylic acids is 2. The van der Waals surface area contributed by atoms with E-state index >= 15 is 0 Å². The van der Waals surface area contributed by atoms with Crippen LogP contribution in [-0.4, -0.2) is 48.5 Å². The van der Waals surface area contributed by atoms with Gasteiger partial charge in [-0.25, -0.2) is 0 Å². The number of rotatable bonds is 11. The topological polar surface area (TPSA) is 157 Å². The van der Waals surface area contributed by atoms with Crippen LogP contribution in [0.25, 0.3) is 0 Å². The van der Waals surface area contributed by atoms with Gasteiger partial charge >= 0.3 is 11.9 Å². The molecule has 0 N–H and O–H groups in total. The normalized spacial score (nSPS) is 9.40. The molecule has 0 heterocycles. The maximum Gasteiger partial charge on any atom is 0.306 e. The fourth-order valence-corrected chi connectivity index (χ4v) is 0.883. The van der Waals surface area contributed by atoms with Gasteiger partial charge in [0, 0.05) is 0 Å². The second kappa shape index (κ2) is 10.3. The van der Waals surface area contributed by atoms with Crippen LogP contribution >= 0.6 is 0 Å². The van der Waals surface area contributed by atoms with Crippen molar-refractivity contribution in [3.05, 3.63) is 20.2 Å². The Balaban J connectivity index is 3.50. The first-order valence-corrected chi connectivity index (χ1v) is 5.27. The summed E-state index contributed by atoms with van der Waals surface area (Å²) < 4.78 is 9.02. The first kappa shape index (κ1) is 17.3. The molecule has 0 aliphatic heterocycles. The number of hydrogen-bond acceptors (Lipinski definition) is 10. The van der Waals surface area contributed by atoms with Crippen LogP contribution in [0.15, 0.2) is 0 Å². The molecule has 20 heavy (non-hydrogen) atoms. The van der Waals surface area contributed by atoms with E-state index in [1.54, 1.807) is 0 Å². The van der Waals surface area contributed by atoms with E-state index in [0.717, 1.165) is 0 Å². The van der Waals surface area contributed by atoms with E-state index in [1.165, 1.54) is 0 Å². The Morgan fingerprint density at radius 2 is 1.10 bits per heavy atom. The van der Waals surface area contributed by atoms with Gasteiger partial charge < -0.3 is 19.1 Å². The van der Waals surface area contributed by atoms with Gasteiger partial charge in [0.25, 0.3) is 10.2 Å². The molecule has 0 aromatic rings. The molecule has 0 aromatic heterocycles. The quantitative estimate of drug-likeness (QED) is 0.206. The van der Waals surface area contributed by atoms with Gasteiger partial charge in [-0.1, -0.05) is 0 Å². The maximum atomic E-state index is 11.0. The molecule has 0 aromatic carbocycles. The van der Waals surface area contributed by atoms with Crippen LogP contribution in [0.5, 0.6) is 0 Å². The highest BCUT2D eigenvalue weighted by molar-refractivity contribution is 5.77. The van der Waals surface area contributed by atoms with Crippen LogP contribution in [0.3, 0.4) is 0 Å². The summed E-state index contributed by atoms with van der Waals surface area (Å²) >= 11 is 0. The zero-order chi connectivity index (χ0) is 15.4. The predicted octanol–water partition coefficient (Wildman–Crippen LogP) is -0.730. The average molecular weight is 296 g/mol. The van der Waals surface area contributed by atoms with Crippen molar-refractivity contribution in [3.8, 4) is 0 Å². The van der Waals surface area contributed by atoms with Crippen molar-refractivity contribution in [1.29, 1.82) is 0 Å². The van der Waals surface area contributed by atoms with E-state index in [-0.39, 0.29) is 26.1 Å². The summed E-state index contributed by atoms with van der Waals surface area (Å²) in [4.78, 5) is 49.4. The van der Waals surface area contributed by atoms with Crippen molar-refractivity contribution in [3.63, 3.8) is 0 Å². The highest BCUT2D eigenvalue weighted by Gasteiger charge is 2.09. The van der Waals surface area contributed by atoms with Gasteiger partial charge in [-0.3, -0.25) is 9.59 Å². The predicted molar refractivity (Wildman–Crippen MR) is 57.0 cm³/mol.